The van der Waals surface area contributed by atoms with E-state index in [4.69, 9.17) is 4.74 Å². The standard InChI is InChI=1S/C18H15BrN2O3/c19-13-6-2-1-5-12(13)11-24-17(22)10-9-16-18(23)21-15-8-4-3-7-14(15)20-16/h1-8H,9-11H2,(H,21,23). The Morgan fingerprint density at radius 3 is 2.71 bits per heavy atom. The molecule has 0 saturated heterocycles. The van der Waals surface area contributed by atoms with Gasteiger partial charge in [0.1, 0.15) is 12.3 Å². The summed E-state index contributed by atoms with van der Waals surface area (Å²) >= 11 is 3.41. The Kier molecular flexibility index (Phi) is 5.05. The van der Waals surface area contributed by atoms with Gasteiger partial charge >= 0.3 is 5.97 Å². The van der Waals surface area contributed by atoms with Crippen LogP contribution >= 0.6 is 15.9 Å². The Morgan fingerprint density at radius 2 is 1.88 bits per heavy atom. The van der Waals surface area contributed by atoms with Crippen LogP contribution in [0.5, 0.6) is 0 Å². The van der Waals surface area contributed by atoms with Gasteiger partial charge in [-0.1, -0.05) is 46.3 Å². The predicted octanol–water partition coefficient (Wildman–Crippen LogP) is 3.36. The lowest BCUT2D eigenvalue weighted by atomic mass is 10.2. The summed E-state index contributed by atoms with van der Waals surface area (Å²) < 4.78 is 6.14. The van der Waals surface area contributed by atoms with Gasteiger partial charge in [-0.3, -0.25) is 9.59 Å². The fraction of sp³-hybridized carbons (Fsp3) is 0.167. The van der Waals surface area contributed by atoms with Gasteiger partial charge in [0.2, 0.25) is 0 Å². The molecule has 1 aromatic heterocycles. The third kappa shape index (κ3) is 3.89. The summed E-state index contributed by atoms with van der Waals surface area (Å²) in [5.74, 6) is -0.361. The number of fused-ring (bicyclic) bond motifs is 1. The van der Waals surface area contributed by atoms with Gasteiger partial charge in [0, 0.05) is 16.5 Å². The van der Waals surface area contributed by atoms with Crippen LogP contribution in [0.15, 0.2) is 57.8 Å². The largest absolute Gasteiger partial charge is 0.461 e. The zero-order chi connectivity index (χ0) is 16.9. The Balaban J connectivity index is 1.61. The number of H-pyrrole nitrogens is 1. The molecule has 0 amide bonds. The number of carbonyl (C=O) groups excluding carboxylic acids is 1. The first-order valence-corrected chi connectivity index (χ1v) is 8.30. The first-order chi connectivity index (χ1) is 11.6. The Labute approximate surface area is 146 Å². The number of carbonyl (C=O) groups is 1. The smallest absolute Gasteiger partial charge is 0.306 e. The molecule has 1 heterocycles. The summed E-state index contributed by atoms with van der Waals surface area (Å²) in [4.78, 5) is 31.0. The Bertz CT molecular complexity index is 937. The fourth-order valence-electron chi connectivity index (χ4n) is 2.30. The van der Waals surface area contributed by atoms with Crippen LogP contribution in [0.25, 0.3) is 11.0 Å². The number of aromatic amines is 1. The molecule has 5 nitrogen and oxygen atoms in total. The molecule has 3 rings (SSSR count). The number of hydrogen-bond acceptors (Lipinski definition) is 4. The Hall–Kier alpha value is -2.47. The second-order valence-corrected chi connectivity index (χ2v) is 6.14. The summed E-state index contributed by atoms with van der Waals surface area (Å²) in [5.41, 5.74) is 2.35. The lowest BCUT2D eigenvalue weighted by Crippen LogP contribution is -2.17. The van der Waals surface area contributed by atoms with Crippen molar-refractivity contribution in [2.24, 2.45) is 0 Å². The topological polar surface area (TPSA) is 72.0 Å². The zero-order valence-corrected chi connectivity index (χ0v) is 14.4. The minimum Gasteiger partial charge on any atom is -0.461 e. The van der Waals surface area contributed by atoms with E-state index in [-0.39, 0.29) is 31.0 Å². The van der Waals surface area contributed by atoms with Gasteiger partial charge < -0.3 is 9.72 Å². The van der Waals surface area contributed by atoms with Crippen LogP contribution in [-0.2, 0) is 22.6 Å². The molecule has 0 radical (unpaired) electrons. The van der Waals surface area contributed by atoms with Crippen molar-refractivity contribution in [2.75, 3.05) is 0 Å². The van der Waals surface area contributed by atoms with Gasteiger partial charge in [-0.25, -0.2) is 4.98 Å². The van der Waals surface area contributed by atoms with Crippen molar-refractivity contribution >= 4 is 32.9 Å². The van der Waals surface area contributed by atoms with Crippen LogP contribution in [0.2, 0.25) is 0 Å². The molecule has 0 aliphatic rings. The normalized spacial score (nSPS) is 10.7. The maximum atomic E-state index is 12.0. The van der Waals surface area contributed by atoms with Crippen molar-refractivity contribution < 1.29 is 9.53 Å². The fourth-order valence-corrected chi connectivity index (χ4v) is 2.70. The molecule has 122 valence electrons. The van der Waals surface area contributed by atoms with Crippen molar-refractivity contribution in [1.29, 1.82) is 0 Å². The molecule has 0 aliphatic heterocycles. The molecule has 0 fully saturated rings. The number of nitrogens with zero attached hydrogens (tertiary/aromatic N) is 1. The number of aromatic nitrogens is 2. The minimum absolute atomic E-state index is 0.110. The molecule has 6 heteroatoms. The van der Waals surface area contributed by atoms with E-state index in [1.54, 1.807) is 6.07 Å². The highest BCUT2D eigenvalue weighted by Gasteiger charge is 2.10. The summed E-state index contributed by atoms with van der Waals surface area (Å²) in [5, 5.41) is 0. The summed E-state index contributed by atoms with van der Waals surface area (Å²) in [6.07, 6.45) is 0.355. The van der Waals surface area contributed by atoms with Crippen molar-refractivity contribution in [3.63, 3.8) is 0 Å². The molecule has 1 N–H and O–H groups in total. The average molecular weight is 387 g/mol. The van der Waals surface area contributed by atoms with Crippen LogP contribution in [0, 0.1) is 0 Å². The van der Waals surface area contributed by atoms with Crippen LogP contribution in [0.3, 0.4) is 0 Å². The van der Waals surface area contributed by atoms with Crippen LogP contribution < -0.4 is 5.56 Å². The van der Waals surface area contributed by atoms with Crippen molar-refractivity contribution in [3.8, 4) is 0 Å². The number of nitrogens with one attached hydrogen (secondary N) is 1. The van der Waals surface area contributed by atoms with Crippen molar-refractivity contribution in [1.82, 2.24) is 9.97 Å². The number of rotatable bonds is 5. The van der Waals surface area contributed by atoms with Gasteiger partial charge in [0.25, 0.3) is 5.56 Å². The monoisotopic (exact) mass is 386 g/mol. The number of aryl methyl sites for hydroxylation is 1. The molecule has 0 aliphatic carbocycles. The highest BCUT2D eigenvalue weighted by Crippen LogP contribution is 2.17. The molecule has 0 spiro atoms. The summed E-state index contributed by atoms with van der Waals surface area (Å²) in [6.45, 7) is 0.196. The third-order valence-electron chi connectivity index (χ3n) is 3.58. The van der Waals surface area contributed by atoms with Gasteiger partial charge in [-0.15, -0.1) is 0 Å². The lowest BCUT2D eigenvalue weighted by molar-refractivity contribution is -0.144. The van der Waals surface area contributed by atoms with Gasteiger partial charge in [0.15, 0.2) is 0 Å². The highest BCUT2D eigenvalue weighted by atomic mass is 79.9. The molecule has 0 atom stereocenters. The predicted molar refractivity (Wildman–Crippen MR) is 94.6 cm³/mol. The van der Waals surface area contributed by atoms with E-state index in [0.717, 1.165) is 10.0 Å². The molecule has 24 heavy (non-hydrogen) atoms. The van der Waals surface area contributed by atoms with Crippen molar-refractivity contribution in [3.05, 3.63) is 74.6 Å². The number of benzene rings is 2. The average Bonchev–Trinajstić information content (AvgIpc) is 2.59. The van der Waals surface area contributed by atoms with Crippen LogP contribution in [-0.4, -0.2) is 15.9 Å². The first kappa shape index (κ1) is 16.4. The third-order valence-corrected chi connectivity index (χ3v) is 4.36. The zero-order valence-electron chi connectivity index (χ0n) is 12.8. The van der Waals surface area contributed by atoms with E-state index in [9.17, 15) is 9.59 Å². The van der Waals surface area contributed by atoms with E-state index < -0.39 is 0 Å². The quantitative estimate of drug-likeness (QED) is 0.682. The van der Waals surface area contributed by atoms with E-state index in [0.29, 0.717) is 16.7 Å². The molecular formula is C18H15BrN2O3. The number of halogens is 1. The Morgan fingerprint density at radius 1 is 1.12 bits per heavy atom. The highest BCUT2D eigenvalue weighted by molar-refractivity contribution is 9.10. The van der Waals surface area contributed by atoms with E-state index in [1.807, 2.05) is 42.5 Å². The lowest BCUT2D eigenvalue weighted by Gasteiger charge is -2.06. The SMILES string of the molecule is O=C(CCc1nc2ccccc2[nH]c1=O)OCc1ccccc1Br. The molecular weight excluding hydrogens is 372 g/mol. The molecule has 0 bridgehead atoms. The number of para-hydroxylation sites is 2. The maximum absolute atomic E-state index is 12.0. The summed E-state index contributed by atoms with van der Waals surface area (Å²) in [6, 6.07) is 14.8. The number of ether oxygens (including phenoxy) is 1. The van der Waals surface area contributed by atoms with E-state index in [2.05, 4.69) is 25.9 Å². The number of hydrogen-bond donors (Lipinski definition) is 1. The second kappa shape index (κ2) is 7.40. The molecule has 0 unspecified atom stereocenters. The number of esters is 1. The van der Waals surface area contributed by atoms with E-state index in [1.165, 1.54) is 0 Å². The van der Waals surface area contributed by atoms with Gasteiger partial charge in [-0.2, -0.15) is 0 Å². The van der Waals surface area contributed by atoms with Gasteiger partial charge in [-0.05, 0) is 18.2 Å². The van der Waals surface area contributed by atoms with Gasteiger partial charge in [0.05, 0.1) is 17.5 Å². The molecule has 2 aromatic carbocycles. The van der Waals surface area contributed by atoms with Crippen LogP contribution in [0.4, 0.5) is 0 Å². The second-order valence-electron chi connectivity index (χ2n) is 5.28. The maximum Gasteiger partial charge on any atom is 0.306 e. The molecule has 0 saturated carbocycles. The van der Waals surface area contributed by atoms with Crippen molar-refractivity contribution in [2.45, 2.75) is 19.4 Å². The minimum atomic E-state index is -0.361. The first-order valence-electron chi connectivity index (χ1n) is 7.50. The van der Waals surface area contributed by atoms with Crippen LogP contribution in [0.1, 0.15) is 17.7 Å². The van der Waals surface area contributed by atoms with E-state index >= 15 is 0 Å². The summed E-state index contributed by atoms with van der Waals surface area (Å²) in [7, 11) is 0. The molecule has 3 aromatic rings.